The van der Waals surface area contributed by atoms with E-state index in [4.69, 9.17) is 18.5 Å². The zero-order valence-electron chi connectivity index (χ0n) is 50.3. The summed E-state index contributed by atoms with van der Waals surface area (Å²) in [6.07, 6.45) is 53.5. The van der Waals surface area contributed by atoms with Crippen molar-refractivity contribution in [2.45, 2.75) is 384 Å². The second-order valence-electron chi connectivity index (χ2n) is 23.7. The number of aliphatic hydroxyl groups excluding tert-OH is 5. The van der Waals surface area contributed by atoms with E-state index in [1.807, 2.05) is 0 Å². The van der Waals surface area contributed by atoms with Gasteiger partial charge in [0, 0.05) is 13.0 Å². The fourth-order valence-electron chi connectivity index (χ4n) is 11.0. The molecule has 0 spiro atoms. The number of rotatable bonds is 60. The number of phosphoric acid groups is 1. The smallest absolute Gasteiger partial charge is 0.457 e. The molecule has 0 amide bonds. The Kier molecular flexibility index (Phi) is 52.7. The first-order chi connectivity index (χ1) is 37.5. The topological polar surface area (TPSA) is 192 Å². The van der Waals surface area contributed by atoms with Gasteiger partial charge in [-0.25, -0.2) is 4.57 Å². The van der Waals surface area contributed by atoms with Gasteiger partial charge in [-0.2, -0.15) is 0 Å². The number of phosphoric ester groups is 1. The van der Waals surface area contributed by atoms with Crippen molar-refractivity contribution in [1.82, 2.24) is 0 Å². The maximum absolute atomic E-state index is 12.9. The first-order valence-corrected chi connectivity index (χ1v) is 34.9. The Hall–Kier alpha value is -0.660. The van der Waals surface area contributed by atoms with Crippen LogP contribution in [0.15, 0.2) is 0 Å². The van der Waals surface area contributed by atoms with Gasteiger partial charge in [-0.15, -0.1) is 0 Å². The average Bonchev–Trinajstić information content (AvgIpc) is 3.43. The van der Waals surface area contributed by atoms with Crippen molar-refractivity contribution in [2.75, 3.05) is 19.8 Å². The molecule has 1 aliphatic carbocycles. The first-order valence-electron chi connectivity index (χ1n) is 33.4. The quantitative estimate of drug-likeness (QED) is 0.0192. The predicted molar refractivity (Wildman–Crippen MR) is 318 cm³/mol. The van der Waals surface area contributed by atoms with Gasteiger partial charge in [-0.05, 0) is 12.8 Å². The highest BCUT2D eigenvalue weighted by atomic mass is 31.2. The van der Waals surface area contributed by atoms with Gasteiger partial charge in [0.15, 0.2) is 0 Å². The maximum atomic E-state index is 12.9. The molecule has 6 unspecified atom stereocenters. The molecule has 0 bridgehead atoms. The summed E-state index contributed by atoms with van der Waals surface area (Å²) in [6.45, 7) is 4.36. The molecule has 77 heavy (non-hydrogen) atoms. The first kappa shape index (κ1) is 74.4. The summed E-state index contributed by atoms with van der Waals surface area (Å²) in [5.41, 5.74) is 0. The van der Waals surface area contributed by atoms with Crippen molar-refractivity contribution in [1.29, 1.82) is 0 Å². The highest BCUT2D eigenvalue weighted by Crippen LogP contribution is 2.47. The molecule has 1 saturated carbocycles. The third-order valence-corrected chi connectivity index (χ3v) is 17.2. The Morgan fingerprint density at radius 1 is 0.364 bits per heavy atom. The van der Waals surface area contributed by atoms with E-state index in [-0.39, 0.29) is 13.0 Å². The zero-order chi connectivity index (χ0) is 56.1. The number of unbranched alkanes of at least 4 members (excludes halogenated alkanes) is 48. The standard InChI is InChI=1S/C64H127O12P/c1-3-5-7-9-11-13-15-17-19-21-23-24-25-26-27-28-29-30-31-32-33-34-35-36-37-39-41-43-45-47-49-51-53-58(65)75-57(56-74-77(71,72)76-64-62(69)60(67)59(66)61(68)63(64)70)55-73-54-52-50-48-46-44-42-40-38-22-20-18-16-14-12-10-8-6-4-2/h57,59-64,66-70H,3-56H2,1-2H3,(H,71,72)/t57-,59?,60-,61?,62?,63?,64?/m1/s1. The number of esters is 1. The minimum Gasteiger partial charge on any atom is -0.457 e. The van der Waals surface area contributed by atoms with Crippen LogP contribution < -0.4 is 0 Å². The van der Waals surface area contributed by atoms with Gasteiger partial charge in [-0.3, -0.25) is 13.8 Å². The molecule has 6 N–H and O–H groups in total. The molecule has 0 radical (unpaired) electrons. The highest BCUT2D eigenvalue weighted by Gasteiger charge is 2.51. The molecule has 8 atom stereocenters. The molecule has 1 rings (SSSR count). The Balaban J connectivity index is 2.15. The van der Waals surface area contributed by atoms with Crippen molar-refractivity contribution in [2.24, 2.45) is 0 Å². The lowest BCUT2D eigenvalue weighted by Gasteiger charge is -2.41. The number of hydrogen-bond donors (Lipinski definition) is 6. The van der Waals surface area contributed by atoms with Gasteiger partial charge in [-0.1, -0.05) is 322 Å². The van der Waals surface area contributed by atoms with E-state index >= 15 is 0 Å². The third kappa shape index (κ3) is 45.5. The van der Waals surface area contributed by atoms with Gasteiger partial charge in [0.05, 0.1) is 13.2 Å². The van der Waals surface area contributed by atoms with Gasteiger partial charge >= 0.3 is 13.8 Å². The number of ether oxygens (including phenoxy) is 2. The molecule has 0 heterocycles. The van der Waals surface area contributed by atoms with Crippen LogP contribution in [0.1, 0.15) is 341 Å². The fraction of sp³-hybridized carbons (Fsp3) is 0.984. The summed E-state index contributed by atoms with van der Waals surface area (Å²) < 4.78 is 34.5. The summed E-state index contributed by atoms with van der Waals surface area (Å²) in [4.78, 5) is 23.4. The van der Waals surface area contributed by atoms with E-state index in [0.29, 0.717) is 13.0 Å². The Morgan fingerprint density at radius 3 is 0.896 bits per heavy atom. The van der Waals surface area contributed by atoms with Gasteiger partial charge < -0.3 is 39.9 Å². The molecular weight excluding hydrogens is 992 g/mol. The SMILES string of the molecule is CCCCCCCCCCCCCCCCCCCCCCCCCCCCCCCCCCC(=O)O[C@H](COCCCCCCCCCCCCCCCCCCCC)COP(=O)(O)OC1C(O)C(O)C(O)[C@@H](O)C1O. The molecule has 0 aromatic heterocycles. The third-order valence-electron chi connectivity index (χ3n) is 16.2. The van der Waals surface area contributed by atoms with E-state index in [0.717, 1.165) is 38.5 Å². The summed E-state index contributed by atoms with van der Waals surface area (Å²) in [7, 11) is -5.02. The lowest BCUT2D eigenvalue weighted by Crippen LogP contribution is -2.64. The molecule has 12 nitrogen and oxygen atoms in total. The minimum atomic E-state index is -5.02. The number of aliphatic hydroxyl groups is 5. The Bertz CT molecular complexity index is 1280. The summed E-state index contributed by atoms with van der Waals surface area (Å²) in [6, 6.07) is 0. The molecule has 1 fully saturated rings. The molecule has 1 aliphatic rings. The van der Waals surface area contributed by atoms with Crippen LogP contribution in [0.2, 0.25) is 0 Å². The predicted octanol–water partition coefficient (Wildman–Crippen LogP) is 17.2. The Morgan fingerprint density at radius 2 is 0.610 bits per heavy atom. The highest BCUT2D eigenvalue weighted by molar-refractivity contribution is 7.47. The van der Waals surface area contributed by atoms with E-state index in [2.05, 4.69) is 13.8 Å². The molecule has 0 aromatic rings. The van der Waals surface area contributed by atoms with Crippen LogP contribution in [0.25, 0.3) is 0 Å². The van der Waals surface area contributed by atoms with Crippen LogP contribution in [0.4, 0.5) is 0 Å². The lowest BCUT2D eigenvalue weighted by atomic mass is 9.85. The van der Waals surface area contributed by atoms with Crippen molar-refractivity contribution in [3.8, 4) is 0 Å². The second-order valence-corrected chi connectivity index (χ2v) is 25.1. The number of hydrogen-bond acceptors (Lipinski definition) is 11. The van der Waals surface area contributed by atoms with E-state index in [1.165, 1.54) is 276 Å². The largest absolute Gasteiger partial charge is 0.472 e. The van der Waals surface area contributed by atoms with Crippen LogP contribution in [-0.4, -0.2) is 98.9 Å². The molecule has 0 aromatic carbocycles. The van der Waals surface area contributed by atoms with Crippen LogP contribution in [-0.2, 0) is 27.9 Å². The summed E-state index contributed by atoms with van der Waals surface area (Å²) in [5.74, 6) is -0.465. The number of carbonyl (C=O) groups excluding carboxylic acids is 1. The van der Waals surface area contributed by atoms with Crippen molar-refractivity contribution >= 4 is 13.8 Å². The molecular formula is C64H127O12P. The summed E-state index contributed by atoms with van der Waals surface area (Å²) >= 11 is 0. The van der Waals surface area contributed by atoms with E-state index in [1.54, 1.807) is 0 Å². The van der Waals surface area contributed by atoms with Crippen LogP contribution in [0, 0.1) is 0 Å². The molecule has 460 valence electrons. The van der Waals surface area contributed by atoms with Crippen LogP contribution >= 0.6 is 7.82 Å². The second kappa shape index (κ2) is 54.6. The van der Waals surface area contributed by atoms with Crippen molar-refractivity contribution in [3.63, 3.8) is 0 Å². The average molecular weight is 1120 g/mol. The lowest BCUT2D eigenvalue weighted by molar-refractivity contribution is -0.220. The minimum absolute atomic E-state index is 0.0668. The van der Waals surface area contributed by atoms with Crippen molar-refractivity contribution < 1.29 is 58.3 Å². The van der Waals surface area contributed by atoms with E-state index < -0.39 is 63.1 Å². The molecule has 13 heteroatoms. The number of carbonyl (C=O) groups is 1. The molecule has 0 saturated heterocycles. The normalized spacial score (nSPS) is 19.9. The molecule has 0 aliphatic heterocycles. The van der Waals surface area contributed by atoms with Crippen molar-refractivity contribution in [3.05, 3.63) is 0 Å². The maximum Gasteiger partial charge on any atom is 0.472 e. The zero-order valence-corrected chi connectivity index (χ0v) is 51.2. The fourth-order valence-corrected chi connectivity index (χ4v) is 12.0. The van der Waals surface area contributed by atoms with Crippen LogP contribution in [0.5, 0.6) is 0 Å². The van der Waals surface area contributed by atoms with E-state index in [9.17, 15) is 39.8 Å². The van der Waals surface area contributed by atoms with Gasteiger partial charge in [0.25, 0.3) is 0 Å². The van der Waals surface area contributed by atoms with Crippen LogP contribution in [0.3, 0.4) is 0 Å². The summed E-state index contributed by atoms with van der Waals surface area (Å²) in [5, 5.41) is 50.5. The van der Waals surface area contributed by atoms with Gasteiger partial charge in [0.1, 0.15) is 42.7 Å². The van der Waals surface area contributed by atoms with Gasteiger partial charge in [0.2, 0.25) is 0 Å². The Labute approximate surface area is 474 Å². The monoisotopic (exact) mass is 1120 g/mol.